The fraction of sp³-hybridized carbons (Fsp3) is 0.304. The molecule has 1 aliphatic rings. The number of aliphatic hydroxyl groups excluding tert-OH is 1. The number of aryl methyl sites for hydroxylation is 2. The Hall–Kier alpha value is -2.92. The highest BCUT2D eigenvalue weighted by molar-refractivity contribution is 6.46. The lowest BCUT2D eigenvalue weighted by molar-refractivity contribution is -0.140. The van der Waals surface area contributed by atoms with E-state index in [1.165, 1.54) is 0 Å². The number of amides is 1. The highest BCUT2D eigenvalue weighted by Gasteiger charge is 2.45. The Morgan fingerprint density at radius 1 is 0.964 bits per heavy atom. The summed E-state index contributed by atoms with van der Waals surface area (Å²) in [6.07, 6.45) is 0. The predicted molar refractivity (Wildman–Crippen MR) is 110 cm³/mol. The van der Waals surface area contributed by atoms with Crippen molar-refractivity contribution < 1.29 is 14.7 Å². The van der Waals surface area contributed by atoms with E-state index >= 15 is 0 Å². The lowest BCUT2D eigenvalue weighted by Crippen LogP contribution is -2.35. The number of aliphatic hydroxyl groups is 1. The van der Waals surface area contributed by atoms with Crippen LogP contribution in [0.25, 0.3) is 5.76 Å². The highest BCUT2D eigenvalue weighted by Crippen LogP contribution is 2.39. The van der Waals surface area contributed by atoms with E-state index in [1.807, 2.05) is 69.2 Å². The number of rotatable bonds is 5. The second-order valence-corrected chi connectivity index (χ2v) is 7.57. The molecule has 1 heterocycles. The minimum Gasteiger partial charge on any atom is -0.507 e. The summed E-state index contributed by atoms with van der Waals surface area (Å²) in [5.41, 5.74) is 3.65. The Morgan fingerprint density at radius 2 is 1.50 bits per heavy atom. The number of hydrogen-bond acceptors (Lipinski definition) is 4. The maximum absolute atomic E-state index is 12.9. The fourth-order valence-electron chi connectivity index (χ4n) is 3.38. The maximum Gasteiger partial charge on any atom is 0.295 e. The molecule has 1 aliphatic heterocycles. The summed E-state index contributed by atoms with van der Waals surface area (Å²) < 4.78 is 0. The maximum atomic E-state index is 12.9. The van der Waals surface area contributed by atoms with E-state index in [4.69, 9.17) is 0 Å². The van der Waals surface area contributed by atoms with Gasteiger partial charge in [0.15, 0.2) is 0 Å². The van der Waals surface area contributed by atoms with Crippen LogP contribution in [-0.4, -0.2) is 53.8 Å². The molecule has 5 nitrogen and oxygen atoms in total. The average molecular weight is 378 g/mol. The largest absolute Gasteiger partial charge is 0.507 e. The Balaban J connectivity index is 2.13. The molecule has 1 amide bonds. The van der Waals surface area contributed by atoms with Crippen molar-refractivity contribution in [2.75, 3.05) is 27.2 Å². The van der Waals surface area contributed by atoms with Crippen molar-refractivity contribution in [3.8, 4) is 0 Å². The second kappa shape index (κ2) is 7.98. The molecule has 0 aromatic heterocycles. The second-order valence-electron chi connectivity index (χ2n) is 7.57. The molecule has 2 aromatic rings. The standard InChI is InChI=1S/C23H26N2O3/c1-15-5-9-17(10-6-15)20-19(21(26)18-11-7-16(2)8-12-18)22(27)23(28)25(20)14-13-24(3)4/h5-12,20,26H,13-14H2,1-4H3/t20-/m0/s1. The minimum atomic E-state index is -0.637. The number of carbonyl (C=O) groups excluding carboxylic acids is 2. The van der Waals surface area contributed by atoms with E-state index in [9.17, 15) is 14.7 Å². The smallest absolute Gasteiger partial charge is 0.295 e. The Labute approximate surface area is 165 Å². The third-order valence-corrected chi connectivity index (χ3v) is 5.05. The first-order chi connectivity index (χ1) is 13.3. The van der Waals surface area contributed by atoms with Gasteiger partial charge in [-0.15, -0.1) is 0 Å². The molecule has 3 rings (SSSR count). The van der Waals surface area contributed by atoms with Gasteiger partial charge in [0, 0.05) is 18.7 Å². The van der Waals surface area contributed by atoms with Crippen molar-refractivity contribution in [3.63, 3.8) is 0 Å². The van der Waals surface area contributed by atoms with Gasteiger partial charge in [0.05, 0.1) is 11.6 Å². The number of likely N-dealkylation sites (N-methyl/N-ethyl adjacent to an activating group) is 1. The molecule has 1 saturated heterocycles. The van der Waals surface area contributed by atoms with Gasteiger partial charge in [-0.25, -0.2) is 0 Å². The van der Waals surface area contributed by atoms with E-state index in [2.05, 4.69) is 0 Å². The van der Waals surface area contributed by atoms with Crippen LogP contribution in [-0.2, 0) is 9.59 Å². The third-order valence-electron chi connectivity index (χ3n) is 5.05. The molecule has 1 atom stereocenters. The van der Waals surface area contributed by atoms with Crippen LogP contribution >= 0.6 is 0 Å². The van der Waals surface area contributed by atoms with Crippen molar-refractivity contribution in [1.29, 1.82) is 0 Å². The fourth-order valence-corrected chi connectivity index (χ4v) is 3.38. The average Bonchev–Trinajstić information content (AvgIpc) is 2.91. The molecule has 1 N–H and O–H groups in total. The first-order valence-corrected chi connectivity index (χ1v) is 9.36. The van der Waals surface area contributed by atoms with Crippen molar-refractivity contribution in [3.05, 3.63) is 76.4 Å². The van der Waals surface area contributed by atoms with Crippen LogP contribution in [0.2, 0.25) is 0 Å². The number of benzene rings is 2. The number of ketones is 1. The van der Waals surface area contributed by atoms with E-state index in [0.717, 1.165) is 16.7 Å². The highest BCUT2D eigenvalue weighted by atomic mass is 16.3. The first-order valence-electron chi connectivity index (χ1n) is 9.36. The van der Waals surface area contributed by atoms with Crippen LogP contribution in [0, 0.1) is 13.8 Å². The van der Waals surface area contributed by atoms with Crippen molar-refractivity contribution in [2.45, 2.75) is 19.9 Å². The predicted octanol–water partition coefficient (Wildman–Crippen LogP) is 3.29. The van der Waals surface area contributed by atoms with Gasteiger partial charge in [-0.1, -0.05) is 59.7 Å². The number of hydrogen-bond donors (Lipinski definition) is 1. The van der Waals surface area contributed by atoms with Crippen LogP contribution < -0.4 is 0 Å². The van der Waals surface area contributed by atoms with Crippen LogP contribution in [0.5, 0.6) is 0 Å². The summed E-state index contributed by atoms with van der Waals surface area (Å²) in [5, 5.41) is 11.0. The van der Waals surface area contributed by atoms with Gasteiger partial charge in [-0.3, -0.25) is 9.59 Å². The van der Waals surface area contributed by atoms with Gasteiger partial charge in [0.25, 0.3) is 11.7 Å². The Morgan fingerprint density at radius 3 is 2.04 bits per heavy atom. The summed E-state index contributed by atoms with van der Waals surface area (Å²) in [4.78, 5) is 29.2. The molecule has 5 heteroatoms. The summed E-state index contributed by atoms with van der Waals surface area (Å²) in [6.45, 7) is 4.97. The monoisotopic (exact) mass is 378 g/mol. The number of likely N-dealkylation sites (tertiary alicyclic amines) is 1. The van der Waals surface area contributed by atoms with E-state index in [0.29, 0.717) is 18.7 Å². The van der Waals surface area contributed by atoms with Gasteiger partial charge in [0.2, 0.25) is 0 Å². The summed E-state index contributed by atoms with van der Waals surface area (Å²) in [7, 11) is 3.84. The SMILES string of the molecule is Cc1ccc(C(O)=C2C(=O)C(=O)N(CCN(C)C)[C@H]2c2ccc(C)cc2)cc1. The quantitative estimate of drug-likeness (QED) is 0.493. The number of carbonyl (C=O) groups is 2. The van der Waals surface area contributed by atoms with Crippen molar-refractivity contribution in [2.24, 2.45) is 0 Å². The lowest BCUT2D eigenvalue weighted by atomic mass is 9.94. The zero-order chi connectivity index (χ0) is 20.4. The Kier molecular flexibility index (Phi) is 5.66. The van der Waals surface area contributed by atoms with Gasteiger partial charge in [-0.05, 0) is 33.5 Å². The van der Waals surface area contributed by atoms with E-state index in [1.54, 1.807) is 17.0 Å². The zero-order valence-corrected chi connectivity index (χ0v) is 16.8. The molecule has 2 aromatic carbocycles. The lowest BCUT2D eigenvalue weighted by Gasteiger charge is -2.26. The molecule has 146 valence electrons. The third kappa shape index (κ3) is 3.85. The normalized spacial score (nSPS) is 18.9. The van der Waals surface area contributed by atoms with E-state index in [-0.39, 0.29) is 11.3 Å². The van der Waals surface area contributed by atoms with Gasteiger partial charge in [-0.2, -0.15) is 0 Å². The Bertz CT molecular complexity index is 912. The van der Waals surface area contributed by atoms with Gasteiger partial charge >= 0.3 is 0 Å². The van der Waals surface area contributed by atoms with Gasteiger partial charge in [0.1, 0.15) is 5.76 Å². The van der Waals surface area contributed by atoms with Crippen LogP contribution in [0.1, 0.15) is 28.3 Å². The molecule has 0 aliphatic carbocycles. The van der Waals surface area contributed by atoms with Crippen LogP contribution in [0.3, 0.4) is 0 Å². The van der Waals surface area contributed by atoms with Crippen LogP contribution in [0.4, 0.5) is 0 Å². The first kappa shape index (κ1) is 19.8. The molecule has 0 saturated carbocycles. The molecular formula is C23H26N2O3. The molecular weight excluding hydrogens is 352 g/mol. The van der Waals surface area contributed by atoms with Crippen molar-refractivity contribution in [1.82, 2.24) is 9.80 Å². The molecule has 0 radical (unpaired) electrons. The molecule has 28 heavy (non-hydrogen) atoms. The summed E-state index contributed by atoms with van der Waals surface area (Å²) in [5.74, 6) is -1.33. The van der Waals surface area contributed by atoms with Crippen LogP contribution in [0.15, 0.2) is 54.1 Å². The molecule has 1 fully saturated rings. The van der Waals surface area contributed by atoms with Crippen molar-refractivity contribution >= 4 is 17.4 Å². The molecule has 0 unspecified atom stereocenters. The number of Topliss-reactive ketones (excluding diaryl/α,β-unsaturated/α-hetero) is 1. The molecule has 0 bridgehead atoms. The molecule has 0 spiro atoms. The number of nitrogens with zero attached hydrogens (tertiary/aromatic N) is 2. The summed E-state index contributed by atoms with van der Waals surface area (Å²) in [6, 6.07) is 14.4. The van der Waals surface area contributed by atoms with Gasteiger partial charge < -0.3 is 14.9 Å². The summed E-state index contributed by atoms with van der Waals surface area (Å²) >= 11 is 0. The zero-order valence-electron chi connectivity index (χ0n) is 16.8. The van der Waals surface area contributed by atoms with E-state index < -0.39 is 17.7 Å². The minimum absolute atomic E-state index is 0.128. The topological polar surface area (TPSA) is 60.9 Å².